The lowest BCUT2D eigenvalue weighted by molar-refractivity contribution is -0.132. The van der Waals surface area contributed by atoms with Crippen LogP contribution in [0.5, 0.6) is 5.75 Å². The molecule has 0 fully saturated rings. The summed E-state index contributed by atoms with van der Waals surface area (Å²) in [4.78, 5) is 11.6. The minimum atomic E-state index is -0.344. The minimum absolute atomic E-state index is 0.344. The maximum atomic E-state index is 11.6. The molecule has 1 aliphatic rings. The predicted molar refractivity (Wildman–Crippen MR) is 81.5 cm³/mol. The number of hydrogen-bond donors (Lipinski definition) is 0. The average molecular weight is 278 g/mol. The highest BCUT2D eigenvalue weighted by Gasteiger charge is 2.21. The molecule has 2 aromatic carbocycles. The summed E-state index contributed by atoms with van der Waals surface area (Å²) in [7, 11) is 1.62. The van der Waals surface area contributed by atoms with Crippen molar-refractivity contribution >= 4 is 17.6 Å². The van der Waals surface area contributed by atoms with Crippen molar-refractivity contribution in [3.05, 3.63) is 77.6 Å². The molecular weight excluding hydrogens is 264 g/mol. The highest BCUT2D eigenvalue weighted by atomic mass is 16.5. The van der Waals surface area contributed by atoms with Crippen LogP contribution in [0.2, 0.25) is 0 Å². The predicted octanol–water partition coefficient (Wildman–Crippen LogP) is 3.68. The zero-order valence-electron chi connectivity index (χ0n) is 11.6. The Hall–Kier alpha value is -2.81. The van der Waals surface area contributed by atoms with Crippen LogP contribution in [0.1, 0.15) is 11.1 Å². The summed E-state index contributed by atoms with van der Waals surface area (Å²) >= 11 is 0. The maximum Gasteiger partial charge on any atom is 0.336 e. The van der Waals surface area contributed by atoms with Crippen molar-refractivity contribution in [2.24, 2.45) is 0 Å². The number of carbonyl (C=O) groups is 1. The van der Waals surface area contributed by atoms with Gasteiger partial charge in [0.05, 0.1) is 7.11 Å². The van der Waals surface area contributed by atoms with Crippen molar-refractivity contribution in [3.8, 4) is 5.75 Å². The molecule has 21 heavy (non-hydrogen) atoms. The van der Waals surface area contributed by atoms with Crippen LogP contribution in [0.25, 0.3) is 11.6 Å². The van der Waals surface area contributed by atoms with E-state index in [0.717, 1.165) is 22.4 Å². The lowest BCUT2D eigenvalue weighted by atomic mass is 10.0. The fourth-order valence-electron chi connectivity index (χ4n) is 2.19. The van der Waals surface area contributed by atoms with Gasteiger partial charge in [-0.3, -0.25) is 0 Å². The second-order valence-electron chi connectivity index (χ2n) is 4.63. The summed E-state index contributed by atoms with van der Waals surface area (Å²) in [5.74, 6) is 0.998. The Morgan fingerprint density at radius 2 is 1.71 bits per heavy atom. The Bertz CT molecular complexity index is 710. The van der Waals surface area contributed by atoms with Crippen LogP contribution in [-0.2, 0) is 9.53 Å². The van der Waals surface area contributed by atoms with Gasteiger partial charge in [-0.2, -0.15) is 0 Å². The molecule has 0 aromatic heterocycles. The van der Waals surface area contributed by atoms with Crippen LogP contribution in [0.15, 0.2) is 66.4 Å². The van der Waals surface area contributed by atoms with Crippen molar-refractivity contribution in [2.45, 2.75) is 0 Å². The second kappa shape index (κ2) is 5.67. The highest BCUT2D eigenvalue weighted by Crippen LogP contribution is 2.31. The molecular formula is C18H14O3. The van der Waals surface area contributed by atoms with E-state index >= 15 is 0 Å². The monoisotopic (exact) mass is 278 g/mol. The molecule has 0 saturated heterocycles. The van der Waals surface area contributed by atoms with Gasteiger partial charge in [-0.25, -0.2) is 4.79 Å². The molecule has 0 aliphatic carbocycles. The van der Waals surface area contributed by atoms with Crippen molar-refractivity contribution in [1.29, 1.82) is 0 Å². The Balaban J connectivity index is 1.96. The third-order valence-electron chi connectivity index (χ3n) is 3.24. The molecule has 0 amide bonds. The zero-order chi connectivity index (χ0) is 14.7. The van der Waals surface area contributed by atoms with Gasteiger partial charge in [-0.1, -0.05) is 42.5 Å². The van der Waals surface area contributed by atoms with E-state index in [1.165, 1.54) is 6.08 Å². The fraction of sp³-hybridized carbons (Fsp3) is 0.0556. The van der Waals surface area contributed by atoms with E-state index in [1.54, 1.807) is 7.11 Å². The van der Waals surface area contributed by atoms with Gasteiger partial charge < -0.3 is 9.47 Å². The number of cyclic esters (lactones) is 1. The fourth-order valence-corrected chi connectivity index (χ4v) is 2.19. The number of allylic oxidation sites excluding steroid dienone is 1. The van der Waals surface area contributed by atoms with Crippen LogP contribution >= 0.6 is 0 Å². The number of ether oxygens (including phenoxy) is 2. The van der Waals surface area contributed by atoms with Gasteiger partial charge in [0.2, 0.25) is 0 Å². The van der Waals surface area contributed by atoms with Gasteiger partial charge in [0, 0.05) is 11.6 Å². The van der Waals surface area contributed by atoms with Gasteiger partial charge in [-0.05, 0) is 29.3 Å². The van der Waals surface area contributed by atoms with E-state index in [2.05, 4.69) is 0 Å². The molecule has 0 radical (unpaired) electrons. The lowest BCUT2D eigenvalue weighted by Gasteiger charge is -2.06. The van der Waals surface area contributed by atoms with Crippen LogP contribution < -0.4 is 4.74 Å². The molecule has 3 heteroatoms. The molecule has 3 nitrogen and oxygen atoms in total. The number of rotatable bonds is 3. The largest absolute Gasteiger partial charge is 0.497 e. The van der Waals surface area contributed by atoms with Crippen LogP contribution in [-0.4, -0.2) is 13.1 Å². The van der Waals surface area contributed by atoms with Gasteiger partial charge in [0.15, 0.2) is 0 Å². The standard InChI is InChI=1S/C18H14O3/c1-20-15-9-7-14(8-10-15)16-12-18(19)21-17(16)11-13-5-3-2-4-6-13/h2-12H,1H3/b17-11-. The van der Waals surface area contributed by atoms with E-state index in [-0.39, 0.29) is 5.97 Å². The smallest absolute Gasteiger partial charge is 0.336 e. The Morgan fingerprint density at radius 3 is 2.38 bits per heavy atom. The number of hydrogen-bond acceptors (Lipinski definition) is 3. The average Bonchev–Trinajstić information content (AvgIpc) is 2.89. The highest BCUT2D eigenvalue weighted by molar-refractivity contribution is 6.03. The maximum absolute atomic E-state index is 11.6. The molecule has 0 saturated carbocycles. The topological polar surface area (TPSA) is 35.5 Å². The summed E-state index contributed by atoms with van der Waals surface area (Å²) in [5.41, 5.74) is 2.69. The third-order valence-corrected chi connectivity index (χ3v) is 3.24. The van der Waals surface area contributed by atoms with Gasteiger partial charge in [-0.15, -0.1) is 0 Å². The molecule has 1 heterocycles. The summed E-state index contributed by atoms with van der Waals surface area (Å²) in [6.45, 7) is 0. The SMILES string of the molecule is COc1ccc(C2=CC(=O)O/C2=C\c2ccccc2)cc1. The van der Waals surface area contributed by atoms with Gasteiger partial charge in [0.1, 0.15) is 11.5 Å². The van der Waals surface area contributed by atoms with Crippen molar-refractivity contribution in [2.75, 3.05) is 7.11 Å². The van der Waals surface area contributed by atoms with Crippen LogP contribution in [0, 0.1) is 0 Å². The quantitative estimate of drug-likeness (QED) is 0.803. The second-order valence-corrected chi connectivity index (χ2v) is 4.63. The minimum Gasteiger partial charge on any atom is -0.497 e. The molecule has 0 unspecified atom stereocenters. The summed E-state index contributed by atoms with van der Waals surface area (Å²) in [6.07, 6.45) is 3.37. The van der Waals surface area contributed by atoms with Gasteiger partial charge in [0.25, 0.3) is 0 Å². The molecule has 3 rings (SSSR count). The summed E-state index contributed by atoms with van der Waals surface area (Å²) in [6, 6.07) is 17.3. The van der Waals surface area contributed by atoms with Crippen molar-refractivity contribution < 1.29 is 14.3 Å². The van der Waals surface area contributed by atoms with E-state index in [4.69, 9.17) is 9.47 Å². The zero-order valence-corrected chi connectivity index (χ0v) is 11.6. The first-order valence-electron chi connectivity index (χ1n) is 6.61. The summed E-state index contributed by atoms with van der Waals surface area (Å²) in [5, 5.41) is 0. The molecule has 1 aliphatic heterocycles. The molecule has 0 spiro atoms. The first-order valence-corrected chi connectivity index (χ1v) is 6.61. The molecule has 104 valence electrons. The van der Waals surface area contributed by atoms with Crippen molar-refractivity contribution in [1.82, 2.24) is 0 Å². The lowest BCUT2D eigenvalue weighted by Crippen LogP contribution is -1.91. The van der Waals surface area contributed by atoms with E-state index in [0.29, 0.717) is 5.76 Å². The Morgan fingerprint density at radius 1 is 1.00 bits per heavy atom. The summed E-state index contributed by atoms with van der Waals surface area (Å²) < 4.78 is 10.4. The Labute approximate surface area is 123 Å². The van der Waals surface area contributed by atoms with Gasteiger partial charge >= 0.3 is 5.97 Å². The molecule has 0 N–H and O–H groups in total. The first kappa shape index (κ1) is 13.2. The molecule has 0 atom stereocenters. The number of methoxy groups -OCH3 is 1. The van der Waals surface area contributed by atoms with Crippen LogP contribution in [0.4, 0.5) is 0 Å². The normalized spacial score (nSPS) is 15.8. The van der Waals surface area contributed by atoms with Crippen LogP contribution in [0.3, 0.4) is 0 Å². The number of benzene rings is 2. The first-order chi connectivity index (χ1) is 10.3. The molecule has 2 aromatic rings. The van der Waals surface area contributed by atoms with E-state index in [9.17, 15) is 4.79 Å². The van der Waals surface area contributed by atoms with E-state index < -0.39 is 0 Å². The molecule has 0 bridgehead atoms. The third kappa shape index (κ3) is 2.87. The number of carbonyl (C=O) groups excluding carboxylic acids is 1. The Kier molecular flexibility index (Phi) is 3.56. The van der Waals surface area contributed by atoms with Crippen molar-refractivity contribution in [3.63, 3.8) is 0 Å². The number of esters is 1. The van der Waals surface area contributed by atoms with E-state index in [1.807, 2.05) is 60.7 Å².